The summed E-state index contributed by atoms with van der Waals surface area (Å²) < 4.78 is 0. The summed E-state index contributed by atoms with van der Waals surface area (Å²) in [7, 11) is 0. The third kappa shape index (κ3) is 4.91. The zero-order valence-electron chi connectivity index (χ0n) is 19.0. The number of anilines is 1. The molecule has 0 aliphatic heterocycles. The Morgan fingerprint density at radius 2 is 1.50 bits per heavy atom. The van der Waals surface area contributed by atoms with Crippen molar-refractivity contribution in [3.63, 3.8) is 0 Å². The molecule has 1 atom stereocenters. The number of amides is 1. The largest absolute Gasteiger partial charge is 0.325 e. The van der Waals surface area contributed by atoms with Crippen LogP contribution in [0.15, 0.2) is 91.0 Å². The van der Waals surface area contributed by atoms with Crippen molar-refractivity contribution in [1.82, 2.24) is 0 Å². The van der Waals surface area contributed by atoms with Crippen LogP contribution in [-0.4, -0.2) is 5.91 Å². The van der Waals surface area contributed by atoms with E-state index in [4.69, 9.17) is 0 Å². The lowest BCUT2D eigenvalue weighted by Crippen LogP contribution is -2.22. The number of hydrogen-bond donors (Lipinski definition) is 1. The Kier molecular flexibility index (Phi) is 7.01. The molecule has 0 spiro atoms. The molecule has 4 rings (SSSR count). The van der Waals surface area contributed by atoms with E-state index >= 15 is 0 Å². The summed E-state index contributed by atoms with van der Waals surface area (Å²) in [6, 6.07) is 31.3. The molecule has 0 aliphatic rings. The zero-order valence-corrected chi connectivity index (χ0v) is 19.0. The Morgan fingerprint density at radius 1 is 0.812 bits per heavy atom. The van der Waals surface area contributed by atoms with Crippen molar-refractivity contribution in [2.75, 3.05) is 5.32 Å². The number of rotatable bonds is 8. The van der Waals surface area contributed by atoms with E-state index in [0.29, 0.717) is 0 Å². The van der Waals surface area contributed by atoms with Gasteiger partial charge in [0.1, 0.15) is 0 Å². The van der Waals surface area contributed by atoms with Crippen molar-refractivity contribution in [3.05, 3.63) is 113 Å². The third-order valence-corrected chi connectivity index (χ3v) is 6.28. The van der Waals surface area contributed by atoms with E-state index in [1.807, 2.05) is 18.2 Å². The molecule has 162 valence electrons. The van der Waals surface area contributed by atoms with Crippen LogP contribution in [0.2, 0.25) is 0 Å². The molecule has 2 nitrogen and oxygen atoms in total. The lowest BCUT2D eigenvalue weighted by molar-refractivity contribution is -0.117. The summed E-state index contributed by atoms with van der Waals surface area (Å²) in [5, 5.41) is 5.63. The Labute approximate surface area is 191 Å². The van der Waals surface area contributed by atoms with Gasteiger partial charge < -0.3 is 5.32 Å². The second kappa shape index (κ2) is 10.3. The molecule has 0 saturated carbocycles. The number of benzene rings is 4. The van der Waals surface area contributed by atoms with Crippen LogP contribution in [0.25, 0.3) is 10.8 Å². The number of carbonyl (C=O) groups is 1. The Balaban J connectivity index is 1.64. The molecule has 4 aromatic carbocycles. The Bertz CT molecular complexity index is 1200. The second-order valence-corrected chi connectivity index (χ2v) is 8.51. The fraction of sp³-hybridized carbons (Fsp3) is 0.233. The van der Waals surface area contributed by atoms with E-state index in [1.165, 1.54) is 21.9 Å². The Hall–Kier alpha value is -3.39. The molecular formula is C30H31NO. The van der Waals surface area contributed by atoms with Gasteiger partial charge in [0, 0.05) is 5.69 Å². The number of para-hydroxylation sites is 1. The predicted molar refractivity (Wildman–Crippen MR) is 135 cm³/mol. The summed E-state index contributed by atoms with van der Waals surface area (Å²) in [5.74, 6) is -0.0976. The van der Waals surface area contributed by atoms with Crippen LogP contribution in [0.4, 0.5) is 5.69 Å². The van der Waals surface area contributed by atoms with Crippen LogP contribution in [0.5, 0.6) is 0 Å². The van der Waals surface area contributed by atoms with Crippen LogP contribution < -0.4 is 5.32 Å². The molecule has 1 unspecified atom stereocenters. The molecule has 32 heavy (non-hydrogen) atoms. The highest BCUT2D eigenvalue weighted by Crippen LogP contribution is 2.31. The maximum absolute atomic E-state index is 13.6. The first-order valence-corrected chi connectivity index (χ1v) is 11.6. The van der Waals surface area contributed by atoms with Gasteiger partial charge in [0.15, 0.2) is 0 Å². The van der Waals surface area contributed by atoms with Crippen molar-refractivity contribution in [3.8, 4) is 0 Å². The minimum absolute atomic E-state index is 0.0760. The number of unbranched alkanes of at least 4 members (excludes halogenated alkanes) is 1. The lowest BCUT2D eigenvalue weighted by Gasteiger charge is -2.20. The van der Waals surface area contributed by atoms with E-state index in [1.54, 1.807) is 0 Å². The van der Waals surface area contributed by atoms with Crippen molar-refractivity contribution in [2.45, 2.75) is 45.4 Å². The molecule has 0 bridgehead atoms. The maximum atomic E-state index is 13.6. The molecule has 0 radical (unpaired) electrons. The summed E-state index contributed by atoms with van der Waals surface area (Å²) in [6.45, 7) is 4.31. The van der Waals surface area contributed by atoms with Crippen LogP contribution in [0.3, 0.4) is 0 Å². The van der Waals surface area contributed by atoms with E-state index in [9.17, 15) is 4.79 Å². The van der Waals surface area contributed by atoms with Crippen LogP contribution in [0, 0.1) is 6.92 Å². The van der Waals surface area contributed by atoms with Gasteiger partial charge in [0.2, 0.25) is 5.91 Å². The molecule has 0 aliphatic carbocycles. The molecule has 0 fully saturated rings. The average Bonchev–Trinajstić information content (AvgIpc) is 2.82. The van der Waals surface area contributed by atoms with E-state index in [0.717, 1.165) is 42.5 Å². The fourth-order valence-electron chi connectivity index (χ4n) is 4.42. The zero-order chi connectivity index (χ0) is 22.3. The summed E-state index contributed by atoms with van der Waals surface area (Å²) in [5.41, 5.74) is 5.71. The van der Waals surface area contributed by atoms with Crippen molar-refractivity contribution >= 4 is 22.4 Å². The van der Waals surface area contributed by atoms with E-state index in [-0.39, 0.29) is 11.8 Å². The monoisotopic (exact) mass is 421 g/mol. The first kappa shape index (κ1) is 21.8. The minimum atomic E-state index is -0.174. The smallest absolute Gasteiger partial charge is 0.231 e. The van der Waals surface area contributed by atoms with Gasteiger partial charge in [-0.3, -0.25) is 4.79 Å². The summed E-state index contributed by atoms with van der Waals surface area (Å²) in [6.07, 6.45) is 3.73. The van der Waals surface area contributed by atoms with E-state index < -0.39 is 0 Å². The topological polar surface area (TPSA) is 29.1 Å². The van der Waals surface area contributed by atoms with Gasteiger partial charge in [-0.1, -0.05) is 105 Å². The van der Waals surface area contributed by atoms with Gasteiger partial charge in [-0.25, -0.2) is 0 Å². The van der Waals surface area contributed by atoms with Crippen LogP contribution >= 0.6 is 0 Å². The average molecular weight is 422 g/mol. The molecule has 0 aromatic heterocycles. The van der Waals surface area contributed by atoms with Gasteiger partial charge in [-0.15, -0.1) is 0 Å². The van der Waals surface area contributed by atoms with Crippen LogP contribution in [-0.2, 0) is 11.2 Å². The van der Waals surface area contributed by atoms with Crippen molar-refractivity contribution in [2.24, 2.45) is 0 Å². The molecule has 1 amide bonds. The number of nitrogens with one attached hydrogen (secondary N) is 1. The van der Waals surface area contributed by atoms with Gasteiger partial charge in [-0.2, -0.15) is 0 Å². The molecule has 0 heterocycles. The molecule has 4 aromatic rings. The Morgan fingerprint density at radius 3 is 2.31 bits per heavy atom. The third-order valence-electron chi connectivity index (χ3n) is 6.28. The lowest BCUT2D eigenvalue weighted by atomic mass is 9.88. The highest BCUT2D eigenvalue weighted by Gasteiger charge is 2.23. The first-order chi connectivity index (χ1) is 15.7. The highest BCUT2D eigenvalue weighted by molar-refractivity contribution is 6.00. The van der Waals surface area contributed by atoms with Gasteiger partial charge in [-0.05, 0) is 58.9 Å². The van der Waals surface area contributed by atoms with Crippen molar-refractivity contribution in [1.29, 1.82) is 0 Å². The van der Waals surface area contributed by atoms with Crippen LogP contribution in [0.1, 0.15) is 54.4 Å². The molecular weight excluding hydrogens is 390 g/mol. The standard InChI is InChI=1S/C30H31NO/c1-3-4-17-28(27-19-11-16-23-13-7-9-18-26(23)27)30(32)31-29-20-10-8-15-25(29)21-24-14-6-5-12-22(24)2/h5-16,18-20,28H,3-4,17,21H2,1-2H3,(H,31,32). The number of hydrogen-bond acceptors (Lipinski definition) is 1. The molecule has 0 saturated heterocycles. The maximum Gasteiger partial charge on any atom is 0.231 e. The van der Waals surface area contributed by atoms with Gasteiger partial charge in [0.05, 0.1) is 5.92 Å². The quantitative estimate of drug-likeness (QED) is 0.311. The minimum Gasteiger partial charge on any atom is -0.325 e. The molecule has 2 heteroatoms. The highest BCUT2D eigenvalue weighted by atomic mass is 16.1. The van der Waals surface area contributed by atoms with Crippen molar-refractivity contribution < 1.29 is 4.79 Å². The van der Waals surface area contributed by atoms with Gasteiger partial charge in [0.25, 0.3) is 0 Å². The predicted octanol–water partition coefficient (Wildman–Crippen LogP) is 7.65. The summed E-state index contributed by atoms with van der Waals surface area (Å²) >= 11 is 0. The SMILES string of the molecule is CCCCC(C(=O)Nc1ccccc1Cc1ccccc1C)c1cccc2ccccc12. The fourth-order valence-corrected chi connectivity index (χ4v) is 4.42. The normalized spacial score (nSPS) is 11.9. The molecule has 1 N–H and O–H groups in total. The number of carbonyl (C=O) groups excluding carboxylic acids is 1. The van der Waals surface area contributed by atoms with Gasteiger partial charge >= 0.3 is 0 Å². The second-order valence-electron chi connectivity index (χ2n) is 8.51. The first-order valence-electron chi connectivity index (χ1n) is 11.6. The number of fused-ring (bicyclic) bond motifs is 1. The number of aryl methyl sites for hydroxylation is 1. The van der Waals surface area contributed by atoms with E-state index in [2.05, 4.69) is 92.0 Å². The summed E-state index contributed by atoms with van der Waals surface area (Å²) in [4.78, 5) is 13.6.